The van der Waals surface area contributed by atoms with E-state index < -0.39 is 29.5 Å². The van der Waals surface area contributed by atoms with E-state index >= 15 is 4.39 Å². The van der Waals surface area contributed by atoms with Crippen molar-refractivity contribution in [1.82, 2.24) is 15.1 Å². The SMILES string of the molecule is CC(C)(C)OC(=O)N1CCN(C2CCN(c3ccc(NC4CCC(=O)NC4=O)cc3F)CC2F)CC1. The molecule has 11 heteroatoms. The van der Waals surface area contributed by atoms with E-state index in [-0.39, 0.29) is 31.0 Å². The number of anilines is 2. The molecule has 9 nitrogen and oxygen atoms in total. The average Bonchev–Trinajstić information content (AvgIpc) is 2.80. The minimum absolute atomic E-state index is 0.0772. The zero-order valence-electron chi connectivity index (χ0n) is 21.1. The number of rotatable bonds is 4. The third-order valence-electron chi connectivity index (χ3n) is 6.81. The monoisotopic (exact) mass is 507 g/mol. The number of piperazine rings is 1. The fraction of sp³-hybridized carbons (Fsp3) is 0.640. The van der Waals surface area contributed by atoms with Gasteiger partial charge in [0.05, 0.1) is 12.2 Å². The minimum atomic E-state index is -1.16. The van der Waals surface area contributed by atoms with Gasteiger partial charge in [0.2, 0.25) is 11.8 Å². The highest BCUT2D eigenvalue weighted by atomic mass is 19.1. The summed E-state index contributed by atoms with van der Waals surface area (Å²) >= 11 is 0. The normalized spacial score (nSPS) is 26.0. The third kappa shape index (κ3) is 6.24. The Bertz CT molecular complexity index is 993. The molecule has 0 aromatic heterocycles. The summed E-state index contributed by atoms with van der Waals surface area (Å²) < 4.78 is 35.6. The molecule has 0 aliphatic carbocycles. The van der Waals surface area contributed by atoms with Crippen molar-refractivity contribution in [3.05, 3.63) is 24.0 Å². The number of imide groups is 1. The maximum Gasteiger partial charge on any atom is 0.410 e. The Kier molecular flexibility index (Phi) is 7.67. The Balaban J connectivity index is 1.30. The molecule has 0 radical (unpaired) electrons. The van der Waals surface area contributed by atoms with Gasteiger partial charge in [0.1, 0.15) is 23.6 Å². The van der Waals surface area contributed by atoms with E-state index in [1.165, 1.54) is 6.07 Å². The largest absolute Gasteiger partial charge is 0.444 e. The van der Waals surface area contributed by atoms with E-state index in [9.17, 15) is 18.8 Å². The number of amides is 3. The van der Waals surface area contributed by atoms with Crippen LogP contribution in [0.2, 0.25) is 0 Å². The first-order chi connectivity index (χ1) is 17.0. The Morgan fingerprint density at radius 1 is 1.11 bits per heavy atom. The Labute approximate surface area is 210 Å². The number of benzene rings is 1. The predicted octanol–water partition coefficient (Wildman–Crippen LogP) is 2.51. The van der Waals surface area contributed by atoms with E-state index in [0.717, 1.165) is 0 Å². The van der Waals surface area contributed by atoms with Crippen LogP contribution in [0.4, 0.5) is 25.0 Å². The number of piperidine rings is 2. The molecule has 198 valence electrons. The molecule has 36 heavy (non-hydrogen) atoms. The fourth-order valence-corrected chi connectivity index (χ4v) is 4.97. The van der Waals surface area contributed by atoms with Gasteiger partial charge in [-0.25, -0.2) is 13.6 Å². The van der Waals surface area contributed by atoms with Crippen molar-refractivity contribution in [2.24, 2.45) is 0 Å². The molecule has 3 aliphatic rings. The van der Waals surface area contributed by atoms with Gasteiger partial charge in [0, 0.05) is 50.9 Å². The summed E-state index contributed by atoms with van der Waals surface area (Å²) in [5.74, 6) is -1.23. The number of carbonyl (C=O) groups is 3. The lowest BCUT2D eigenvalue weighted by Crippen LogP contribution is -2.58. The van der Waals surface area contributed by atoms with Crippen LogP contribution in [0, 0.1) is 5.82 Å². The molecule has 3 saturated heterocycles. The van der Waals surface area contributed by atoms with Crippen molar-refractivity contribution >= 4 is 29.3 Å². The lowest BCUT2D eigenvalue weighted by atomic mass is 9.99. The van der Waals surface area contributed by atoms with Crippen molar-refractivity contribution in [2.75, 3.05) is 49.5 Å². The molecule has 3 aliphatic heterocycles. The number of nitrogens with one attached hydrogen (secondary N) is 2. The number of halogens is 2. The highest BCUT2D eigenvalue weighted by molar-refractivity contribution is 6.01. The Morgan fingerprint density at radius 3 is 2.44 bits per heavy atom. The second-order valence-corrected chi connectivity index (χ2v) is 10.6. The summed E-state index contributed by atoms with van der Waals surface area (Å²) in [6, 6.07) is 3.68. The number of hydrogen-bond donors (Lipinski definition) is 2. The molecular formula is C25H35F2N5O4. The molecule has 3 fully saturated rings. The highest BCUT2D eigenvalue weighted by Gasteiger charge is 2.37. The Morgan fingerprint density at radius 2 is 1.83 bits per heavy atom. The van der Waals surface area contributed by atoms with Crippen molar-refractivity contribution < 1.29 is 27.9 Å². The van der Waals surface area contributed by atoms with E-state index in [4.69, 9.17) is 4.74 Å². The van der Waals surface area contributed by atoms with E-state index in [1.54, 1.807) is 21.9 Å². The molecule has 3 amide bonds. The number of nitrogens with zero attached hydrogens (tertiary/aromatic N) is 3. The molecule has 3 atom stereocenters. The van der Waals surface area contributed by atoms with E-state index in [1.807, 2.05) is 20.8 Å². The van der Waals surface area contributed by atoms with E-state index in [2.05, 4.69) is 15.5 Å². The lowest BCUT2D eigenvalue weighted by Gasteiger charge is -2.44. The molecule has 3 heterocycles. The first-order valence-electron chi connectivity index (χ1n) is 12.5. The van der Waals surface area contributed by atoms with Crippen molar-refractivity contribution in [2.45, 2.75) is 63.9 Å². The molecule has 2 N–H and O–H groups in total. The summed E-state index contributed by atoms with van der Waals surface area (Å²) in [5, 5.41) is 5.23. The molecule has 1 aromatic rings. The van der Waals surface area contributed by atoms with Crippen molar-refractivity contribution in [3.63, 3.8) is 0 Å². The smallest absolute Gasteiger partial charge is 0.410 e. The summed E-state index contributed by atoms with van der Waals surface area (Å²) in [4.78, 5) is 41.0. The van der Waals surface area contributed by atoms with Crippen LogP contribution in [0.1, 0.15) is 40.0 Å². The number of alkyl halides is 1. The first kappa shape index (κ1) is 26.1. The van der Waals surface area contributed by atoms with Crippen LogP contribution < -0.4 is 15.5 Å². The van der Waals surface area contributed by atoms with Gasteiger partial charge in [-0.05, 0) is 51.8 Å². The van der Waals surface area contributed by atoms with Gasteiger partial charge in [-0.2, -0.15) is 0 Å². The quantitative estimate of drug-likeness (QED) is 0.605. The molecule has 3 unspecified atom stereocenters. The topological polar surface area (TPSA) is 94.2 Å². The molecular weight excluding hydrogens is 472 g/mol. The van der Waals surface area contributed by atoms with Gasteiger partial charge < -0.3 is 19.9 Å². The second kappa shape index (κ2) is 10.6. The summed E-state index contributed by atoms with van der Waals surface area (Å²) in [7, 11) is 0. The maximum absolute atomic E-state index is 15.2. The van der Waals surface area contributed by atoms with Crippen LogP contribution in [-0.4, -0.2) is 90.8 Å². The summed E-state index contributed by atoms with van der Waals surface area (Å²) in [6.45, 7) is 8.17. The van der Waals surface area contributed by atoms with E-state index in [0.29, 0.717) is 56.9 Å². The van der Waals surface area contributed by atoms with Gasteiger partial charge in [0.15, 0.2) is 0 Å². The molecule has 1 aromatic carbocycles. The number of carbonyl (C=O) groups excluding carboxylic acids is 3. The van der Waals surface area contributed by atoms with Crippen LogP contribution in [-0.2, 0) is 14.3 Å². The van der Waals surface area contributed by atoms with Gasteiger partial charge in [0.25, 0.3) is 0 Å². The van der Waals surface area contributed by atoms with Crippen LogP contribution in [0.25, 0.3) is 0 Å². The highest BCUT2D eigenvalue weighted by Crippen LogP contribution is 2.29. The van der Waals surface area contributed by atoms with Crippen LogP contribution in [0.15, 0.2) is 18.2 Å². The van der Waals surface area contributed by atoms with Gasteiger partial charge in [-0.3, -0.25) is 19.8 Å². The maximum atomic E-state index is 15.2. The van der Waals surface area contributed by atoms with Gasteiger partial charge in [-0.1, -0.05) is 0 Å². The standard InChI is InChI=1S/C25H35F2N5O4/c1-25(2,3)36-24(35)31-12-10-30(11-13-31)21-8-9-32(15-18(21)27)20-6-4-16(14-17(20)26)28-19-5-7-22(33)29-23(19)34/h4,6,14,18-19,21,28H,5,7-13,15H2,1-3H3,(H,29,33,34). The van der Waals surface area contributed by atoms with Crippen LogP contribution >= 0.6 is 0 Å². The van der Waals surface area contributed by atoms with Gasteiger partial charge >= 0.3 is 6.09 Å². The van der Waals surface area contributed by atoms with Crippen LogP contribution in [0.3, 0.4) is 0 Å². The molecule has 4 rings (SSSR count). The first-order valence-corrected chi connectivity index (χ1v) is 12.5. The zero-order valence-corrected chi connectivity index (χ0v) is 21.1. The Hall–Kier alpha value is -2.95. The lowest BCUT2D eigenvalue weighted by molar-refractivity contribution is -0.133. The molecule has 0 saturated carbocycles. The molecule has 0 bridgehead atoms. The number of ether oxygens (including phenoxy) is 1. The summed E-state index contributed by atoms with van der Waals surface area (Å²) in [6.07, 6.45) is -0.389. The average molecular weight is 508 g/mol. The predicted molar refractivity (Wildman–Crippen MR) is 131 cm³/mol. The van der Waals surface area contributed by atoms with Crippen molar-refractivity contribution in [1.29, 1.82) is 0 Å². The number of hydrogen-bond acceptors (Lipinski definition) is 7. The zero-order chi connectivity index (χ0) is 26.0. The third-order valence-corrected chi connectivity index (χ3v) is 6.81. The second-order valence-electron chi connectivity index (χ2n) is 10.6. The van der Waals surface area contributed by atoms with Crippen molar-refractivity contribution in [3.8, 4) is 0 Å². The molecule has 0 spiro atoms. The minimum Gasteiger partial charge on any atom is -0.444 e. The fourth-order valence-electron chi connectivity index (χ4n) is 4.97. The van der Waals surface area contributed by atoms with Gasteiger partial charge in [-0.15, -0.1) is 0 Å². The van der Waals surface area contributed by atoms with Crippen LogP contribution in [0.5, 0.6) is 0 Å². The summed E-state index contributed by atoms with van der Waals surface area (Å²) in [5.41, 5.74) is 0.194.